The molecule has 3 aromatic rings. The van der Waals surface area contributed by atoms with E-state index in [1.807, 2.05) is 13.0 Å². The number of rotatable bonds is 7. The zero-order chi connectivity index (χ0) is 32.4. The lowest BCUT2D eigenvalue weighted by atomic mass is 9.75. The van der Waals surface area contributed by atoms with E-state index < -0.39 is 34.7 Å². The van der Waals surface area contributed by atoms with Crippen LogP contribution in [0.2, 0.25) is 0 Å². The summed E-state index contributed by atoms with van der Waals surface area (Å²) in [5.74, 6) is -3.35. The molecule has 0 radical (unpaired) electrons. The van der Waals surface area contributed by atoms with Gasteiger partial charge in [-0.3, -0.25) is 24.5 Å². The molecule has 1 saturated carbocycles. The molecular weight excluding hydrogens is 587 g/mol. The number of hydrogen-bond donors (Lipinski definition) is 1. The molecule has 3 aromatic carbocycles. The number of halogens is 1. The number of nitro benzene ring substituents is 1. The minimum atomic E-state index is -1.07. The Balaban J connectivity index is 1.61. The van der Waals surface area contributed by atoms with Crippen molar-refractivity contribution in [2.45, 2.75) is 57.0 Å². The summed E-state index contributed by atoms with van der Waals surface area (Å²) in [6, 6.07) is 17.0. The summed E-state index contributed by atoms with van der Waals surface area (Å²) in [7, 11) is 0. The molecule has 0 bridgehead atoms. The van der Waals surface area contributed by atoms with Gasteiger partial charge in [0.05, 0.1) is 16.9 Å². The Kier molecular flexibility index (Phi) is 9.26. The van der Waals surface area contributed by atoms with Crippen LogP contribution in [0, 0.1) is 34.7 Å². The maximum atomic E-state index is 14.9. The van der Waals surface area contributed by atoms with E-state index in [0.717, 1.165) is 24.8 Å². The number of benzene rings is 3. The largest absolute Gasteiger partial charge is 0.338 e. The van der Waals surface area contributed by atoms with Crippen molar-refractivity contribution in [3.8, 4) is 0 Å². The van der Waals surface area contributed by atoms with Gasteiger partial charge in [0.15, 0.2) is 5.78 Å². The van der Waals surface area contributed by atoms with Crippen molar-refractivity contribution < 1.29 is 23.7 Å². The number of amides is 2. The van der Waals surface area contributed by atoms with E-state index in [1.54, 1.807) is 52.3 Å². The molecule has 4 unspecified atom stereocenters. The van der Waals surface area contributed by atoms with E-state index in [1.165, 1.54) is 24.3 Å². The van der Waals surface area contributed by atoms with Gasteiger partial charge in [-0.2, -0.15) is 0 Å². The fourth-order valence-electron chi connectivity index (χ4n) is 7.65. The Hall–Kier alpha value is -4.44. The zero-order valence-electron chi connectivity index (χ0n) is 25.9. The molecular formula is C36H39FN4O5. The van der Waals surface area contributed by atoms with E-state index in [9.17, 15) is 28.9 Å². The normalized spacial score (nSPS) is 23.7. The Bertz CT molecular complexity index is 1620. The second-order valence-corrected chi connectivity index (χ2v) is 12.7. The van der Waals surface area contributed by atoms with Gasteiger partial charge >= 0.3 is 0 Å². The molecule has 0 aromatic heterocycles. The van der Waals surface area contributed by atoms with Crippen molar-refractivity contribution in [3.63, 3.8) is 0 Å². The van der Waals surface area contributed by atoms with Gasteiger partial charge in [0.1, 0.15) is 11.9 Å². The first kappa shape index (κ1) is 31.5. The molecule has 3 aliphatic rings. The Labute approximate surface area is 267 Å². The molecule has 2 saturated heterocycles. The van der Waals surface area contributed by atoms with Crippen LogP contribution < -0.4 is 5.32 Å². The fourth-order valence-corrected chi connectivity index (χ4v) is 7.65. The van der Waals surface area contributed by atoms with Crippen LogP contribution in [0.4, 0.5) is 10.1 Å². The Morgan fingerprint density at radius 1 is 0.870 bits per heavy atom. The van der Waals surface area contributed by atoms with Crippen LogP contribution in [0.1, 0.15) is 71.1 Å². The third-order valence-electron chi connectivity index (χ3n) is 9.84. The highest BCUT2D eigenvalue weighted by molar-refractivity contribution is 6.02. The zero-order valence-corrected chi connectivity index (χ0v) is 25.9. The molecule has 1 N–H and O–H groups in total. The van der Waals surface area contributed by atoms with Gasteiger partial charge in [0.2, 0.25) is 11.8 Å². The summed E-state index contributed by atoms with van der Waals surface area (Å²) in [5.41, 5.74) is 2.12. The second-order valence-electron chi connectivity index (χ2n) is 12.7. The van der Waals surface area contributed by atoms with E-state index in [0.29, 0.717) is 55.7 Å². The van der Waals surface area contributed by atoms with Gasteiger partial charge in [0, 0.05) is 55.7 Å². The standard InChI is InChI=1S/C36H39FN4O5/c1-23-7-5-11-27(21-23)34(42)31-30(24-13-15-28(37)16-14-24)33(36(44)39-19-17-38-18-20-39)40(35(43)25-8-3-2-4-9-25)32(31)26-10-6-12-29(22-26)41(45)46/h5-7,10-16,21-22,25,30-33,38H,2-4,8-9,17-20H2,1H3. The molecule has 0 spiro atoms. The molecule has 1 aliphatic carbocycles. The number of likely N-dealkylation sites (tertiary alicyclic amines) is 1. The van der Waals surface area contributed by atoms with Crippen molar-refractivity contribution in [2.24, 2.45) is 11.8 Å². The smallest absolute Gasteiger partial charge is 0.269 e. The van der Waals surface area contributed by atoms with E-state index in [2.05, 4.69) is 5.32 Å². The maximum Gasteiger partial charge on any atom is 0.269 e. The predicted octanol–water partition coefficient (Wildman–Crippen LogP) is 5.59. The van der Waals surface area contributed by atoms with Crippen LogP contribution in [0.25, 0.3) is 0 Å². The van der Waals surface area contributed by atoms with Gasteiger partial charge < -0.3 is 15.1 Å². The molecule has 9 nitrogen and oxygen atoms in total. The van der Waals surface area contributed by atoms with E-state index >= 15 is 0 Å². The highest BCUT2D eigenvalue weighted by Gasteiger charge is 2.58. The number of piperazine rings is 1. The summed E-state index contributed by atoms with van der Waals surface area (Å²) >= 11 is 0. The molecule has 2 aliphatic heterocycles. The number of nitrogens with one attached hydrogen (secondary N) is 1. The van der Waals surface area contributed by atoms with Gasteiger partial charge in [-0.15, -0.1) is 0 Å². The highest BCUT2D eigenvalue weighted by atomic mass is 19.1. The highest BCUT2D eigenvalue weighted by Crippen LogP contribution is 2.53. The summed E-state index contributed by atoms with van der Waals surface area (Å²) in [6.07, 6.45) is 4.13. The van der Waals surface area contributed by atoms with Gasteiger partial charge in [-0.25, -0.2) is 4.39 Å². The fraction of sp³-hybridized carbons (Fsp3) is 0.417. The summed E-state index contributed by atoms with van der Waals surface area (Å²) < 4.78 is 14.3. The van der Waals surface area contributed by atoms with Gasteiger partial charge in [-0.1, -0.05) is 67.3 Å². The number of carbonyl (C=O) groups is 3. The number of non-ortho nitro benzene ring substituents is 1. The molecule has 4 atom stereocenters. The summed E-state index contributed by atoms with van der Waals surface area (Å²) in [4.78, 5) is 59.3. The Morgan fingerprint density at radius 3 is 2.24 bits per heavy atom. The topological polar surface area (TPSA) is 113 Å². The van der Waals surface area contributed by atoms with E-state index in [-0.39, 0.29) is 29.2 Å². The Morgan fingerprint density at radius 2 is 1.57 bits per heavy atom. The summed E-state index contributed by atoms with van der Waals surface area (Å²) in [6.45, 7) is 3.95. The van der Waals surface area contributed by atoms with Crippen molar-refractivity contribution in [1.29, 1.82) is 0 Å². The number of carbonyl (C=O) groups excluding carboxylic acids is 3. The van der Waals surface area contributed by atoms with Crippen LogP contribution >= 0.6 is 0 Å². The number of hydrogen-bond acceptors (Lipinski definition) is 6. The van der Waals surface area contributed by atoms with Crippen molar-refractivity contribution in [1.82, 2.24) is 15.1 Å². The first-order valence-electron chi connectivity index (χ1n) is 16.2. The lowest BCUT2D eigenvalue weighted by molar-refractivity contribution is -0.385. The van der Waals surface area contributed by atoms with Crippen LogP contribution in [-0.2, 0) is 9.59 Å². The van der Waals surface area contributed by atoms with Gasteiger partial charge in [0.25, 0.3) is 5.69 Å². The van der Waals surface area contributed by atoms with E-state index in [4.69, 9.17) is 0 Å². The lowest BCUT2D eigenvalue weighted by Crippen LogP contribution is -2.55. The lowest BCUT2D eigenvalue weighted by Gasteiger charge is -2.38. The minimum absolute atomic E-state index is 0.167. The van der Waals surface area contributed by atoms with Crippen LogP contribution in [0.3, 0.4) is 0 Å². The molecule has 2 heterocycles. The quantitative estimate of drug-likeness (QED) is 0.208. The number of ketones is 1. The molecule has 3 fully saturated rings. The maximum absolute atomic E-state index is 14.9. The first-order valence-corrected chi connectivity index (χ1v) is 16.2. The third kappa shape index (κ3) is 6.18. The van der Waals surface area contributed by atoms with Crippen molar-refractivity contribution in [2.75, 3.05) is 26.2 Å². The average molecular weight is 627 g/mol. The third-order valence-corrected chi connectivity index (χ3v) is 9.84. The van der Waals surface area contributed by atoms with Crippen LogP contribution in [-0.4, -0.2) is 64.5 Å². The first-order chi connectivity index (χ1) is 22.2. The summed E-state index contributed by atoms with van der Waals surface area (Å²) in [5, 5.41) is 15.2. The number of nitrogens with zero attached hydrogens (tertiary/aromatic N) is 3. The van der Waals surface area contributed by atoms with Crippen LogP contribution in [0.15, 0.2) is 72.8 Å². The molecule has 46 heavy (non-hydrogen) atoms. The number of nitro groups is 1. The SMILES string of the molecule is Cc1cccc(C(=O)C2C(c3ccc(F)cc3)C(C(=O)N3CCNCC3)N(C(=O)C3CCCCC3)C2c2cccc([N+](=O)[O-])c2)c1. The monoisotopic (exact) mass is 626 g/mol. The molecule has 2 amide bonds. The number of Topliss-reactive ketones (excluding diaryl/α,β-unsaturated/α-hetero) is 1. The van der Waals surface area contributed by atoms with Crippen molar-refractivity contribution >= 4 is 23.3 Å². The van der Waals surface area contributed by atoms with Gasteiger partial charge in [-0.05, 0) is 49.1 Å². The molecule has 240 valence electrons. The number of aryl methyl sites for hydroxylation is 1. The van der Waals surface area contributed by atoms with Crippen molar-refractivity contribution in [3.05, 3.63) is 111 Å². The minimum Gasteiger partial charge on any atom is -0.338 e. The second kappa shape index (κ2) is 13.5. The average Bonchev–Trinajstić information content (AvgIpc) is 3.44. The predicted molar refractivity (Wildman–Crippen MR) is 171 cm³/mol. The molecule has 10 heteroatoms. The molecule has 6 rings (SSSR count). The van der Waals surface area contributed by atoms with Crippen LogP contribution in [0.5, 0.6) is 0 Å².